The molecular formula is C16H23BrN2O3S. The summed E-state index contributed by atoms with van der Waals surface area (Å²) in [7, 11) is -3.54. The predicted octanol–water partition coefficient (Wildman–Crippen LogP) is 3.15. The lowest BCUT2D eigenvalue weighted by Gasteiger charge is -2.26. The number of rotatable bonds is 5. The molecule has 1 heterocycles. The lowest BCUT2D eigenvalue weighted by atomic mass is 10.2. The zero-order valence-corrected chi connectivity index (χ0v) is 15.9. The van der Waals surface area contributed by atoms with Crippen LogP contribution in [0.3, 0.4) is 0 Å². The maximum atomic E-state index is 12.7. The van der Waals surface area contributed by atoms with E-state index in [-0.39, 0.29) is 16.8 Å². The number of carbonyl (C=O) groups is 1. The van der Waals surface area contributed by atoms with Crippen LogP contribution in [0.5, 0.6) is 0 Å². The molecule has 1 saturated heterocycles. The number of halogens is 1. The van der Waals surface area contributed by atoms with Gasteiger partial charge < -0.3 is 5.32 Å². The van der Waals surface area contributed by atoms with Crippen molar-refractivity contribution in [2.75, 3.05) is 13.1 Å². The quantitative estimate of drug-likeness (QED) is 0.822. The van der Waals surface area contributed by atoms with E-state index in [1.165, 1.54) is 10.4 Å². The van der Waals surface area contributed by atoms with E-state index in [9.17, 15) is 13.2 Å². The van der Waals surface area contributed by atoms with Crippen molar-refractivity contribution in [2.45, 2.75) is 50.5 Å². The minimum atomic E-state index is -3.54. The fourth-order valence-corrected chi connectivity index (χ4v) is 4.47. The Morgan fingerprint density at radius 3 is 2.57 bits per heavy atom. The molecule has 7 heteroatoms. The van der Waals surface area contributed by atoms with E-state index in [0.29, 0.717) is 23.1 Å². The molecule has 128 valence electrons. The van der Waals surface area contributed by atoms with Gasteiger partial charge in [-0.2, -0.15) is 4.31 Å². The van der Waals surface area contributed by atoms with E-state index in [0.717, 1.165) is 25.7 Å². The average Bonchev–Trinajstić information content (AvgIpc) is 2.55. The van der Waals surface area contributed by atoms with E-state index in [4.69, 9.17) is 0 Å². The largest absolute Gasteiger partial charge is 0.350 e. The molecule has 0 aromatic heterocycles. The number of nitrogens with zero attached hydrogens (tertiary/aromatic N) is 1. The van der Waals surface area contributed by atoms with E-state index in [2.05, 4.69) is 21.2 Å². The first kappa shape index (κ1) is 18.4. The third-order valence-corrected chi connectivity index (χ3v) is 6.71. The van der Waals surface area contributed by atoms with Gasteiger partial charge in [-0.1, -0.05) is 13.3 Å². The third kappa shape index (κ3) is 4.33. The Bertz CT molecular complexity index is 670. The van der Waals surface area contributed by atoms with Crippen molar-refractivity contribution in [1.82, 2.24) is 9.62 Å². The molecule has 1 aliphatic heterocycles. The molecule has 2 rings (SSSR count). The number of nitrogens with one attached hydrogen (secondary N) is 1. The molecule has 1 amide bonds. The smallest absolute Gasteiger partial charge is 0.252 e. The Balaban J connectivity index is 2.30. The number of hydrogen-bond donors (Lipinski definition) is 1. The minimum Gasteiger partial charge on any atom is -0.350 e. The summed E-state index contributed by atoms with van der Waals surface area (Å²) in [5, 5.41) is 2.87. The van der Waals surface area contributed by atoms with Crippen LogP contribution in [-0.4, -0.2) is 37.8 Å². The summed E-state index contributed by atoms with van der Waals surface area (Å²) < 4.78 is 27.6. The second kappa shape index (κ2) is 7.77. The molecule has 1 aliphatic rings. The number of benzene rings is 1. The van der Waals surface area contributed by atoms with Gasteiger partial charge in [0, 0.05) is 23.6 Å². The molecule has 5 nitrogen and oxygen atoms in total. The van der Waals surface area contributed by atoms with E-state index < -0.39 is 10.0 Å². The second-order valence-corrected chi connectivity index (χ2v) is 8.68. The standard InChI is InChI=1S/C16H23BrN2O3S/c1-3-12(2)18-16(20)14-11-13(7-8-15(14)17)23(21,22)19-9-5-4-6-10-19/h7-8,11-12H,3-6,9-10H2,1-2H3,(H,18,20)/t12-/m0/s1. The topological polar surface area (TPSA) is 66.5 Å². The third-order valence-electron chi connectivity index (χ3n) is 4.13. The summed E-state index contributed by atoms with van der Waals surface area (Å²) in [6.07, 6.45) is 3.65. The van der Waals surface area contributed by atoms with Gasteiger partial charge in [-0.25, -0.2) is 8.42 Å². The number of sulfonamides is 1. The number of carbonyl (C=O) groups excluding carboxylic acids is 1. The molecular weight excluding hydrogens is 380 g/mol. The lowest BCUT2D eigenvalue weighted by Crippen LogP contribution is -2.36. The monoisotopic (exact) mass is 402 g/mol. The van der Waals surface area contributed by atoms with Gasteiger partial charge in [0.15, 0.2) is 0 Å². The van der Waals surface area contributed by atoms with Crippen LogP contribution in [0.25, 0.3) is 0 Å². The van der Waals surface area contributed by atoms with Crippen molar-refractivity contribution in [3.63, 3.8) is 0 Å². The fourth-order valence-electron chi connectivity index (χ4n) is 2.50. The summed E-state index contributed by atoms with van der Waals surface area (Å²) in [6.45, 7) is 5.00. The van der Waals surface area contributed by atoms with Gasteiger partial charge in [0.05, 0.1) is 10.5 Å². The van der Waals surface area contributed by atoms with Crippen molar-refractivity contribution < 1.29 is 13.2 Å². The van der Waals surface area contributed by atoms with Gasteiger partial charge in [0.25, 0.3) is 5.91 Å². The molecule has 1 atom stereocenters. The second-order valence-electron chi connectivity index (χ2n) is 5.89. The minimum absolute atomic E-state index is 0.0387. The highest BCUT2D eigenvalue weighted by atomic mass is 79.9. The first-order chi connectivity index (χ1) is 10.9. The van der Waals surface area contributed by atoms with Crippen LogP contribution in [0, 0.1) is 0 Å². The van der Waals surface area contributed by atoms with Crippen LogP contribution < -0.4 is 5.32 Å². The van der Waals surface area contributed by atoms with E-state index in [1.807, 2.05) is 13.8 Å². The van der Waals surface area contributed by atoms with Crippen LogP contribution in [0.1, 0.15) is 49.9 Å². The van der Waals surface area contributed by atoms with Crippen LogP contribution >= 0.6 is 15.9 Å². The molecule has 1 aromatic rings. The molecule has 0 saturated carbocycles. The van der Waals surface area contributed by atoms with Crippen molar-refractivity contribution in [3.8, 4) is 0 Å². The molecule has 23 heavy (non-hydrogen) atoms. The first-order valence-corrected chi connectivity index (χ1v) is 10.2. The Morgan fingerprint density at radius 1 is 1.30 bits per heavy atom. The molecule has 1 aromatic carbocycles. The van der Waals surface area contributed by atoms with Crippen LogP contribution in [0.4, 0.5) is 0 Å². The Labute approximate surface area is 146 Å². The first-order valence-electron chi connectivity index (χ1n) is 7.97. The molecule has 1 fully saturated rings. The molecule has 0 aliphatic carbocycles. The maximum Gasteiger partial charge on any atom is 0.252 e. The Kier molecular flexibility index (Phi) is 6.22. The van der Waals surface area contributed by atoms with Gasteiger partial charge in [-0.3, -0.25) is 4.79 Å². The normalized spacial score (nSPS) is 17.7. The van der Waals surface area contributed by atoms with Gasteiger partial charge in [-0.15, -0.1) is 0 Å². The summed E-state index contributed by atoms with van der Waals surface area (Å²) in [6, 6.07) is 4.68. The van der Waals surface area contributed by atoms with Crippen LogP contribution in [0.15, 0.2) is 27.6 Å². The zero-order chi connectivity index (χ0) is 17.0. The number of hydrogen-bond acceptors (Lipinski definition) is 3. The molecule has 0 radical (unpaired) electrons. The Morgan fingerprint density at radius 2 is 1.96 bits per heavy atom. The molecule has 0 bridgehead atoms. The summed E-state index contributed by atoms with van der Waals surface area (Å²) in [5.74, 6) is -0.262. The summed E-state index contributed by atoms with van der Waals surface area (Å²) in [5.41, 5.74) is 0.350. The average molecular weight is 403 g/mol. The van der Waals surface area contributed by atoms with Crippen LogP contribution in [-0.2, 0) is 10.0 Å². The van der Waals surface area contributed by atoms with Gasteiger partial charge in [0.2, 0.25) is 10.0 Å². The lowest BCUT2D eigenvalue weighted by molar-refractivity contribution is 0.0938. The van der Waals surface area contributed by atoms with Gasteiger partial charge >= 0.3 is 0 Å². The maximum absolute atomic E-state index is 12.7. The number of amides is 1. The summed E-state index contributed by atoms with van der Waals surface area (Å²) >= 11 is 3.34. The van der Waals surface area contributed by atoms with Crippen molar-refractivity contribution >= 4 is 31.9 Å². The SMILES string of the molecule is CC[C@H](C)NC(=O)c1cc(S(=O)(=O)N2CCCCC2)ccc1Br. The highest BCUT2D eigenvalue weighted by Crippen LogP contribution is 2.25. The van der Waals surface area contributed by atoms with Crippen molar-refractivity contribution in [2.24, 2.45) is 0 Å². The Hall–Kier alpha value is -0.920. The van der Waals surface area contributed by atoms with E-state index >= 15 is 0 Å². The molecule has 1 N–H and O–H groups in total. The van der Waals surface area contributed by atoms with Gasteiger partial charge in [-0.05, 0) is 60.3 Å². The summed E-state index contributed by atoms with van der Waals surface area (Å²) in [4.78, 5) is 12.5. The van der Waals surface area contributed by atoms with Crippen molar-refractivity contribution in [3.05, 3.63) is 28.2 Å². The zero-order valence-electron chi connectivity index (χ0n) is 13.5. The number of piperidine rings is 1. The highest BCUT2D eigenvalue weighted by Gasteiger charge is 2.27. The van der Waals surface area contributed by atoms with E-state index in [1.54, 1.807) is 12.1 Å². The molecule has 0 unspecified atom stereocenters. The van der Waals surface area contributed by atoms with Gasteiger partial charge in [0.1, 0.15) is 0 Å². The fraction of sp³-hybridized carbons (Fsp3) is 0.562. The van der Waals surface area contributed by atoms with Crippen molar-refractivity contribution in [1.29, 1.82) is 0 Å². The predicted molar refractivity (Wildman–Crippen MR) is 94.0 cm³/mol. The van der Waals surface area contributed by atoms with Crippen LogP contribution in [0.2, 0.25) is 0 Å². The molecule has 0 spiro atoms. The highest BCUT2D eigenvalue weighted by molar-refractivity contribution is 9.10.